The molecule has 0 aliphatic heterocycles. The van der Waals surface area contributed by atoms with Gasteiger partial charge in [0.25, 0.3) is 0 Å². The molecule has 0 saturated heterocycles. The zero-order chi connectivity index (χ0) is 27.9. The van der Waals surface area contributed by atoms with Gasteiger partial charge in [-0.15, -0.1) is 0 Å². The van der Waals surface area contributed by atoms with Crippen LogP contribution in [0.15, 0.2) is 60.7 Å². The highest BCUT2D eigenvalue weighted by Gasteiger charge is 2.36. The fourth-order valence-corrected chi connectivity index (χ4v) is 6.51. The smallest absolute Gasteiger partial charge is 0.204 e. The van der Waals surface area contributed by atoms with Crippen molar-refractivity contribution >= 4 is 0 Å². The summed E-state index contributed by atoms with van der Waals surface area (Å²) >= 11 is 0. The lowest BCUT2D eigenvalue weighted by atomic mass is 9.67. The third-order valence-corrected chi connectivity index (χ3v) is 8.72. The molecule has 40 heavy (non-hydrogen) atoms. The van der Waals surface area contributed by atoms with Gasteiger partial charge in [0.1, 0.15) is 0 Å². The van der Waals surface area contributed by atoms with Gasteiger partial charge in [-0.05, 0) is 104 Å². The minimum Gasteiger partial charge on any atom is -0.491 e. The van der Waals surface area contributed by atoms with Gasteiger partial charge >= 0.3 is 0 Å². The Morgan fingerprint density at radius 3 is 1.93 bits per heavy atom. The second-order valence-corrected chi connectivity index (χ2v) is 11.5. The number of rotatable bonds is 11. The van der Waals surface area contributed by atoms with Crippen molar-refractivity contribution in [2.75, 3.05) is 13.2 Å². The average Bonchev–Trinajstić information content (AvgIpc) is 2.99. The molecule has 3 nitrogen and oxygen atoms in total. The van der Waals surface area contributed by atoms with Crippen molar-refractivity contribution < 1.29 is 23.0 Å². The Morgan fingerprint density at radius 1 is 0.675 bits per heavy atom. The van der Waals surface area contributed by atoms with Crippen LogP contribution in [0.2, 0.25) is 0 Å². The van der Waals surface area contributed by atoms with Crippen molar-refractivity contribution in [2.24, 2.45) is 17.8 Å². The lowest BCUT2D eigenvalue weighted by Gasteiger charge is -2.42. The molecule has 5 rings (SSSR count). The first kappa shape index (κ1) is 28.6. The number of benzene rings is 3. The maximum atomic E-state index is 14.4. The standard InChI is InChI=1S/C35H42F2O3/c1-3-5-24-6-11-27(12-7-24)28-13-8-25(9-14-28)22-39-31-17-16-29-20-26(10-15-30(29)21-31)23-40-33-19-18-32(38-4-2)34(36)35(33)37/h6-9,11-14,18-19,26,29-31H,3-5,10,15-17,20-23H2,1-2H3. The number of halogens is 2. The Hall–Kier alpha value is -2.92. The van der Waals surface area contributed by atoms with Gasteiger partial charge in [-0.25, -0.2) is 0 Å². The number of aryl methyl sites for hydroxylation is 1. The Kier molecular flexibility index (Phi) is 9.74. The van der Waals surface area contributed by atoms with E-state index in [-0.39, 0.29) is 18.1 Å². The maximum Gasteiger partial charge on any atom is 0.204 e. The van der Waals surface area contributed by atoms with Gasteiger partial charge < -0.3 is 14.2 Å². The summed E-state index contributed by atoms with van der Waals surface area (Å²) in [5.74, 6) is -0.341. The van der Waals surface area contributed by atoms with Crippen LogP contribution in [-0.4, -0.2) is 19.3 Å². The predicted molar refractivity (Wildman–Crippen MR) is 156 cm³/mol. The monoisotopic (exact) mass is 548 g/mol. The van der Waals surface area contributed by atoms with Crippen molar-refractivity contribution in [2.45, 2.75) is 77.9 Å². The molecule has 2 saturated carbocycles. The Bertz CT molecular complexity index is 1220. The van der Waals surface area contributed by atoms with Crippen LogP contribution in [0.4, 0.5) is 8.78 Å². The summed E-state index contributed by atoms with van der Waals surface area (Å²) in [6, 6.07) is 20.6. The summed E-state index contributed by atoms with van der Waals surface area (Å²) < 4.78 is 45.8. The molecule has 2 fully saturated rings. The fraction of sp³-hybridized carbons (Fsp3) is 0.486. The van der Waals surface area contributed by atoms with Gasteiger partial charge in [-0.1, -0.05) is 61.9 Å². The Labute approximate surface area is 237 Å². The molecule has 214 valence electrons. The molecule has 3 aromatic carbocycles. The van der Waals surface area contributed by atoms with E-state index < -0.39 is 11.6 Å². The minimum atomic E-state index is -0.977. The third kappa shape index (κ3) is 7.04. The largest absolute Gasteiger partial charge is 0.491 e. The second-order valence-electron chi connectivity index (χ2n) is 11.5. The van der Waals surface area contributed by atoms with E-state index >= 15 is 0 Å². The summed E-state index contributed by atoms with van der Waals surface area (Å²) in [6.07, 6.45) is 9.23. The molecule has 2 aliphatic carbocycles. The van der Waals surface area contributed by atoms with Crippen LogP contribution < -0.4 is 9.47 Å². The highest BCUT2D eigenvalue weighted by atomic mass is 19.2. The zero-order valence-electron chi connectivity index (χ0n) is 23.8. The highest BCUT2D eigenvalue weighted by molar-refractivity contribution is 5.63. The van der Waals surface area contributed by atoms with Crippen LogP contribution in [0.1, 0.15) is 69.9 Å². The quantitative estimate of drug-likeness (QED) is 0.239. The minimum absolute atomic E-state index is 0.0295. The van der Waals surface area contributed by atoms with Gasteiger partial charge in [0.2, 0.25) is 11.6 Å². The van der Waals surface area contributed by atoms with Gasteiger partial charge in [-0.2, -0.15) is 8.78 Å². The summed E-state index contributed by atoms with van der Waals surface area (Å²) in [5, 5.41) is 0. The summed E-state index contributed by atoms with van der Waals surface area (Å²) in [6.45, 7) is 5.31. The van der Waals surface area contributed by atoms with E-state index in [1.807, 2.05) is 0 Å². The Balaban J connectivity index is 1.06. The molecular formula is C35H42F2O3. The summed E-state index contributed by atoms with van der Waals surface area (Å²) in [4.78, 5) is 0. The van der Waals surface area contributed by atoms with E-state index in [0.717, 1.165) is 44.9 Å². The lowest BCUT2D eigenvalue weighted by molar-refractivity contribution is -0.0300. The molecule has 5 heteroatoms. The first-order valence-corrected chi connectivity index (χ1v) is 15.1. The van der Waals surface area contributed by atoms with E-state index in [0.29, 0.717) is 37.1 Å². The number of fused-ring (bicyclic) bond motifs is 1. The molecule has 0 spiro atoms. The zero-order valence-corrected chi connectivity index (χ0v) is 23.8. The molecule has 0 amide bonds. The first-order valence-electron chi connectivity index (χ1n) is 15.1. The molecule has 4 atom stereocenters. The van der Waals surface area contributed by atoms with Crippen LogP contribution in [0.3, 0.4) is 0 Å². The topological polar surface area (TPSA) is 27.7 Å². The SMILES string of the molecule is CCCc1ccc(-c2ccc(COC3CCC4CC(COc5ccc(OCC)c(F)c5F)CCC4C3)cc2)cc1. The van der Waals surface area contributed by atoms with Crippen molar-refractivity contribution in [1.82, 2.24) is 0 Å². The molecule has 0 bridgehead atoms. The number of hydrogen-bond donors (Lipinski definition) is 0. The van der Waals surface area contributed by atoms with Crippen molar-refractivity contribution in [1.29, 1.82) is 0 Å². The van der Waals surface area contributed by atoms with Gasteiger partial charge in [-0.3, -0.25) is 0 Å². The van der Waals surface area contributed by atoms with Crippen LogP contribution >= 0.6 is 0 Å². The van der Waals surface area contributed by atoms with Crippen molar-refractivity contribution in [3.63, 3.8) is 0 Å². The van der Waals surface area contributed by atoms with Crippen LogP contribution in [0.5, 0.6) is 11.5 Å². The number of hydrogen-bond acceptors (Lipinski definition) is 3. The predicted octanol–water partition coefficient (Wildman–Crippen LogP) is 9.16. The average molecular weight is 549 g/mol. The molecular weight excluding hydrogens is 506 g/mol. The van der Waals surface area contributed by atoms with E-state index in [4.69, 9.17) is 14.2 Å². The molecule has 0 heterocycles. The van der Waals surface area contributed by atoms with Crippen molar-refractivity contribution in [3.05, 3.63) is 83.4 Å². The molecule has 2 aliphatic rings. The molecule has 0 N–H and O–H groups in total. The van der Waals surface area contributed by atoms with Crippen LogP contribution in [-0.2, 0) is 17.8 Å². The molecule has 3 aromatic rings. The molecule has 4 unspecified atom stereocenters. The van der Waals surface area contributed by atoms with Crippen molar-refractivity contribution in [3.8, 4) is 22.6 Å². The second kappa shape index (κ2) is 13.6. The van der Waals surface area contributed by atoms with Gasteiger partial charge in [0.15, 0.2) is 11.5 Å². The van der Waals surface area contributed by atoms with Gasteiger partial charge in [0.05, 0.1) is 25.9 Å². The maximum absolute atomic E-state index is 14.4. The normalized spacial score (nSPS) is 22.5. The lowest BCUT2D eigenvalue weighted by Crippen LogP contribution is -2.35. The Morgan fingerprint density at radius 2 is 1.27 bits per heavy atom. The first-order chi connectivity index (χ1) is 19.5. The van der Waals surface area contributed by atoms with Crippen LogP contribution in [0, 0.1) is 29.4 Å². The van der Waals surface area contributed by atoms with Crippen LogP contribution in [0.25, 0.3) is 11.1 Å². The van der Waals surface area contributed by atoms with Gasteiger partial charge in [0, 0.05) is 0 Å². The summed E-state index contributed by atoms with van der Waals surface area (Å²) in [7, 11) is 0. The fourth-order valence-electron chi connectivity index (χ4n) is 6.51. The highest BCUT2D eigenvalue weighted by Crippen LogP contribution is 2.44. The molecule has 0 radical (unpaired) electrons. The van der Waals surface area contributed by atoms with E-state index in [1.165, 1.54) is 40.8 Å². The summed E-state index contributed by atoms with van der Waals surface area (Å²) in [5.41, 5.74) is 5.10. The number of ether oxygens (including phenoxy) is 3. The third-order valence-electron chi connectivity index (χ3n) is 8.72. The molecule has 0 aromatic heterocycles. The van der Waals surface area contributed by atoms with E-state index in [9.17, 15) is 8.78 Å². The van der Waals surface area contributed by atoms with E-state index in [1.54, 1.807) is 6.92 Å². The van der Waals surface area contributed by atoms with E-state index in [2.05, 4.69) is 55.5 Å².